The second-order valence-corrected chi connectivity index (χ2v) is 2.85. The third-order valence-corrected chi connectivity index (χ3v) is 1.93. The zero-order valence-corrected chi connectivity index (χ0v) is 7.53. The maximum atomic E-state index is 10.9. The Morgan fingerprint density at radius 3 is 2.53 bits per heavy atom. The maximum absolute atomic E-state index is 10.9. The molecule has 2 rings (SSSR count). The topological polar surface area (TPSA) is 88.2 Å². The molecule has 0 unspecified atom stereocenters. The van der Waals surface area contributed by atoms with Crippen LogP contribution in [-0.4, -0.2) is 30.9 Å². The van der Waals surface area contributed by atoms with E-state index in [9.17, 15) is 9.90 Å². The van der Waals surface area contributed by atoms with Gasteiger partial charge in [-0.05, 0) is 12.1 Å². The van der Waals surface area contributed by atoms with Crippen LogP contribution in [0.3, 0.4) is 0 Å². The Bertz CT molecular complexity index is 493. The molecule has 2 N–H and O–H groups in total. The molecule has 15 heavy (non-hydrogen) atoms. The largest absolute Gasteiger partial charge is 0.507 e. The minimum atomic E-state index is -1.20. The first-order valence-corrected chi connectivity index (χ1v) is 4.10. The van der Waals surface area contributed by atoms with Gasteiger partial charge in [-0.15, -0.1) is 10.2 Å². The van der Waals surface area contributed by atoms with Gasteiger partial charge in [0.25, 0.3) is 0 Å². The van der Waals surface area contributed by atoms with E-state index in [1.165, 1.54) is 23.3 Å². The lowest BCUT2D eigenvalue weighted by Crippen LogP contribution is -2.04. The quantitative estimate of drug-likeness (QED) is 0.752. The molecule has 0 saturated carbocycles. The Balaban J connectivity index is 2.66. The van der Waals surface area contributed by atoms with Crippen molar-refractivity contribution in [2.24, 2.45) is 0 Å². The number of aromatic carboxylic acids is 1. The number of carboxylic acids is 1. The number of carbonyl (C=O) groups is 1. The summed E-state index contributed by atoms with van der Waals surface area (Å²) in [7, 11) is 0. The highest BCUT2D eigenvalue weighted by molar-refractivity contribution is 5.95. The van der Waals surface area contributed by atoms with Gasteiger partial charge in [0.1, 0.15) is 24.0 Å². The van der Waals surface area contributed by atoms with Gasteiger partial charge < -0.3 is 10.2 Å². The van der Waals surface area contributed by atoms with Gasteiger partial charge in [-0.25, -0.2) is 4.79 Å². The molecule has 0 fully saturated rings. The van der Waals surface area contributed by atoms with E-state index >= 15 is 0 Å². The Morgan fingerprint density at radius 1 is 1.27 bits per heavy atom. The fraction of sp³-hybridized carbons (Fsp3) is 0. The van der Waals surface area contributed by atoms with Crippen LogP contribution in [0.15, 0.2) is 30.9 Å². The number of benzene rings is 1. The minimum Gasteiger partial charge on any atom is -0.507 e. The van der Waals surface area contributed by atoms with Crippen LogP contribution in [0.1, 0.15) is 10.4 Å². The fourth-order valence-corrected chi connectivity index (χ4v) is 1.29. The number of aromatic hydroxyl groups is 1. The van der Waals surface area contributed by atoms with Crippen LogP contribution in [0.5, 0.6) is 5.75 Å². The molecule has 6 heteroatoms. The van der Waals surface area contributed by atoms with Crippen molar-refractivity contribution >= 4 is 5.97 Å². The Hall–Kier alpha value is -2.37. The Labute approximate surface area is 84.4 Å². The normalized spacial score (nSPS) is 10.1. The standard InChI is InChI=1S/C9H7N3O3/c13-7-3-1-2-6(8(7)9(14)15)12-4-10-11-5-12/h1-5,13H,(H,14,15). The van der Waals surface area contributed by atoms with Gasteiger partial charge >= 0.3 is 5.97 Å². The molecule has 6 nitrogen and oxygen atoms in total. The second kappa shape index (κ2) is 3.41. The Kier molecular flexibility index (Phi) is 2.09. The van der Waals surface area contributed by atoms with Crippen LogP contribution >= 0.6 is 0 Å². The van der Waals surface area contributed by atoms with Crippen LogP contribution < -0.4 is 0 Å². The van der Waals surface area contributed by atoms with Gasteiger partial charge in [-0.2, -0.15) is 0 Å². The number of hydrogen-bond donors (Lipinski definition) is 2. The number of carboxylic acid groups (broad SMARTS) is 1. The molecular weight excluding hydrogens is 198 g/mol. The van der Waals surface area contributed by atoms with Crippen molar-refractivity contribution in [1.82, 2.24) is 14.8 Å². The van der Waals surface area contributed by atoms with Gasteiger partial charge in [-0.1, -0.05) is 6.07 Å². The van der Waals surface area contributed by atoms with Crippen molar-refractivity contribution in [3.05, 3.63) is 36.4 Å². The highest BCUT2D eigenvalue weighted by Gasteiger charge is 2.15. The summed E-state index contributed by atoms with van der Waals surface area (Å²) in [6.07, 6.45) is 2.72. The monoisotopic (exact) mass is 205 g/mol. The van der Waals surface area contributed by atoms with Crippen LogP contribution in [0.2, 0.25) is 0 Å². The predicted octanol–water partition coefficient (Wildman–Crippen LogP) is 0.671. The molecule has 1 aromatic heterocycles. The molecule has 1 aromatic carbocycles. The summed E-state index contributed by atoms with van der Waals surface area (Å²) in [5, 5.41) is 25.5. The van der Waals surface area contributed by atoms with Crippen LogP contribution in [0.4, 0.5) is 0 Å². The third-order valence-electron chi connectivity index (χ3n) is 1.93. The molecule has 0 radical (unpaired) electrons. The second-order valence-electron chi connectivity index (χ2n) is 2.85. The van der Waals surface area contributed by atoms with Gasteiger partial charge in [0.2, 0.25) is 0 Å². The molecule has 0 atom stereocenters. The van der Waals surface area contributed by atoms with Gasteiger partial charge in [0.15, 0.2) is 0 Å². The van der Waals surface area contributed by atoms with E-state index in [4.69, 9.17) is 5.11 Å². The number of nitrogens with zero attached hydrogens (tertiary/aromatic N) is 3. The molecule has 0 aliphatic carbocycles. The number of aromatic nitrogens is 3. The SMILES string of the molecule is O=C(O)c1c(O)cccc1-n1cnnc1. The van der Waals surface area contributed by atoms with Crippen molar-refractivity contribution in [3.63, 3.8) is 0 Å². The molecule has 2 aromatic rings. The fourth-order valence-electron chi connectivity index (χ4n) is 1.29. The average molecular weight is 205 g/mol. The van der Waals surface area contributed by atoms with Gasteiger partial charge in [0, 0.05) is 0 Å². The molecule has 0 bridgehead atoms. The van der Waals surface area contributed by atoms with Crippen LogP contribution in [0, 0.1) is 0 Å². The summed E-state index contributed by atoms with van der Waals surface area (Å²) >= 11 is 0. The smallest absolute Gasteiger partial charge is 0.341 e. The molecule has 0 spiro atoms. The van der Waals surface area contributed by atoms with Crippen molar-refractivity contribution < 1.29 is 15.0 Å². The highest BCUT2D eigenvalue weighted by atomic mass is 16.4. The van der Waals surface area contributed by atoms with Crippen LogP contribution in [0.25, 0.3) is 5.69 Å². The van der Waals surface area contributed by atoms with E-state index in [0.29, 0.717) is 5.69 Å². The molecule has 0 amide bonds. The molecule has 76 valence electrons. The number of phenols is 1. The summed E-state index contributed by atoms with van der Waals surface area (Å²) in [5.41, 5.74) is 0.157. The first kappa shape index (κ1) is 9.20. The summed E-state index contributed by atoms with van der Waals surface area (Å²) in [5.74, 6) is -1.48. The summed E-state index contributed by atoms with van der Waals surface area (Å²) in [6.45, 7) is 0. The zero-order valence-electron chi connectivity index (χ0n) is 7.53. The Morgan fingerprint density at radius 2 is 1.93 bits per heavy atom. The molecule has 0 saturated heterocycles. The van der Waals surface area contributed by atoms with Crippen molar-refractivity contribution in [3.8, 4) is 11.4 Å². The van der Waals surface area contributed by atoms with E-state index in [-0.39, 0.29) is 11.3 Å². The van der Waals surface area contributed by atoms with Gasteiger partial charge in [0.05, 0.1) is 5.69 Å². The van der Waals surface area contributed by atoms with Crippen molar-refractivity contribution in [2.45, 2.75) is 0 Å². The summed E-state index contributed by atoms with van der Waals surface area (Å²) in [6, 6.07) is 4.43. The zero-order chi connectivity index (χ0) is 10.8. The predicted molar refractivity (Wildman–Crippen MR) is 50.0 cm³/mol. The molecule has 0 aliphatic rings. The third kappa shape index (κ3) is 1.52. The first-order chi connectivity index (χ1) is 7.20. The van der Waals surface area contributed by atoms with E-state index in [2.05, 4.69) is 10.2 Å². The van der Waals surface area contributed by atoms with E-state index in [1.54, 1.807) is 12.1 Å². The first-order valence-electron chi connectivity index (χ1n) is 4.10. The lowest BCUT2D eigenvalue weighted by Gasteiger charge is -2.06. The summed E-state index contributed by atoms with van der Waals surface area (Å²) < 4.78 is 1.42. The van der Waals surface area contributed by atoms with E-state index in [1.807, 2.05) is 0 Å². The van der Waals surface area contributed by atoms with E-state index in [0.717, 1.165) is 0 Å². The van der Waals surface area contributed by atoms with E-state index < -0.39 is 5.97 Å². The van der Waals surface area contributed by atoms with Gasteiger partial charge in [-0.3, -0.25) is 4.57 Å². The molecular formula is C9H7N3O3. The van der Waals surface area contributed by atoms with Crippen molar-refractivity contribution in [1.29, 1.82) is 0 Å². The average Bonchev–Trinajstić information content (AvgIpc) is 2.69. The van der Waals surface area contributed by atoms with Crippen molar-refractivity contribution in [2.75, 3.05) is 0 Å². The summed E-state index contributed by atoms with van der Waals surface area (Å²) in [4.78, 5) is 10.9. The van der Waals surface area contributed by atoms with Crippen LogP contribution in [-0.2, 0) is 0 Å². The lowest BCUT2D eigenvalue weighted by molar-refractivity contribution is 0.0694. The highest BCUT2D eigenvalue weighted by Crippen LogP contribution is 2.23. The minimum absolute atomic E-state index is 0.169. The maximum Gasteiger partial charge on any atom is 0.341 e. The molecule has 1 heterocycles. The molecule has 0 aliphatic heterocycles. The number of hydrogen-bond acceptors (Lipinski definition) is 4. The number of rotatable bonds is 2. The lowest BCUT2D eigenvalue weighted by atomic mass is 10.1.